The molecule has 2 nitrogen and oxygen atoms in total. The summed E-state index contributed by atoms with van der Waals surface area (Å²) in [5.41, 5.74) is 3.10. The van der Waals surface area contributed by atoms with Gasteiger partial charge in [-0.2, -0.15) is 0 Å². The van der Waals surface area contributed by atoms with E-state index in [1.165, 1.54) is 12.8 Å². The molecule has 2 N–H and O–H groups in total. The van der Waals surface area contributed by atoms with Gasteiger partial charge in [0.2, 0.25) is 0 Å². The van der Waals surface area contributed by atoms with Crippen LogP contribution in [0, 0.1) is 0 Å². The third-order valence-corrected chi connectivity index (χ3v) is 1.94. The fourth-order valence-corrected chi connectivity index (χ4v) is 1.30. The van der Waals surface area contributed by atoms with Gasteiger partial charge < -0.3 is 10.6 Å². The van der Waals surface area contributed by atoms with Crippen molar-refractivity contribution in [2.24, 2.45) is 0 Å². The van der Waals surface area contributed by atoms with Crippen molar-refractivity contribution < 1.29 is 0 Å². The van der Waals surface area contributed by atoms with Crippen molar-refractivity contribution in [1.82, 2.24) is 10.6 Å². The van der Waals surface area contributed by atoms with Crippen LogP contribution in [0.3, 0.4) is 0 Å². The molecule has 0 aliphatic carbocycles. The number of nitrogens with one attached hydrogen (secondary N) is 2. The zero-order valence-electron chi connectivity index (χ0n) is 10.8. The van der Waals surface area contributed by atoms with Crippen LogP contribution in [-0.2, 0) is 0 Å². The highest BCUT2D eigenvalue weighted by Crippen LogP contribution is 2.00. The van der Waals surface area contributed by atoms with E-state index in [4.69, 9.17) is 0 Å². The van der Waals surface area contributed by atoms with Gasteiger partial charge in [0, 0.05) is 23.6 Å². The third-order valence-electron chi connectivity index (χ3n) is 1.94. The maximum absolute atomic E-state index is 3.81. The van der Waals surface area contributed by atoms with Crippen molar-refractivity contribution in [2.75, 3.05) is 6.54 Å². The minimum absolute atomic E-state index is 0.945. The molecule has 0 heterocycles. The van der Waals surface area contributed by atoms with E-state index in [1.807, 2.05) is 19.9 Å². The number of allylic oxidation sites excluding steroid dienone is 5. The fraction of sp³-hybridized carbons (Fsp3) is 0.429. The Hall–Kier alpha value is -1.44. The molecule has 0 saturated carbocycles. The number of hydrogen-bond acceptors (Lipinski definition) is 2. The molecule has 0 radical (unpaired) electrons. The highest BCUT2D eigenvalue weighted by Gasteiger charge is 1.93. The third kappa shape index (κ3) is 7.92. The fourth-order valence-electron chi connectivity index (χ4n) is 1.30. The molecule has 0 aromatic rings. The predicted molar refractivity (Wildman–Crippen MR) is 72.9 cm³/mol. The van der Waals surface area contributed by atoms with Gasteiger partial charge in [0.25, 0.3) is 0 Å². The lowest BCUT2D eigenvalue weighted by Gasteiger charge is -2.09. The molecule has 16 heavy (non-hydrogen) atoms. The van der Waals surface area contributed by atoms with E-state index in [9.17, 15) is 0 Å². The molecule has 0 aliphatic rings. The lowest BCUT2D eigenvalue weighted by molar-refractivity contribution is 0.718. The Kier molecular flexibility index (Phi) is 8.04. The van der Waals surface area contributed by atoms with Crippen molar-refractivity contribution in [3.05, 3.63) is 48.5 Å². The van der Waals surface area contributed by atoms with Crippen molar-refractivity contribution >= 4 is 0 Å². The first-order valence-corrected chi connectivity index (χ1v) is 5.77. The zero-order valence-corrected chi connectivity index (χ0v) is 10.8. The van der Waals surface area contributed by atoms with Crippen molar-refractivity contribution in [2.45, 2.75) is 33.6 Å². The van der Waals surface area contributed by atoms with Gasteiger partial charge in [-0.15, -0.1) is 0 Å². The van der Waals surface area contributed by atoms with Crippen molar-refractivity contribution in [1.29, 1.82) is 0 Å². The second-order valence-corrected chi connectivity index (χ2v) is 3.87. The van der Waals surface area contributed by atoms with E-state index in [0.717, 1.165) is 23.6 Å². The molecule has 0 saturated heterocycles. The second-order valence-electron chi connectivity index (χ2n) is 3.87. The van der Waals surface area contributed by atoms with Gasteiger partial charge in [0.05, 0.1) is 0 Å². The highest BCUT2D eigenvalue weighted by molar-refractivity contribution is 5.25. The van der Waals surface area contributed by atoms with E-state index in [-0.39, 0.29) is 0 Å². The molecule has 0 rings (SSSR count). The Morgan fingerprint density at radius 3 is 2.50 bits per heavy atom. The minimum atomic E-state index is 0.945. The van der Waals surface area contributed by atoms with Gasteiger partial charge >= 0.3 is 0 Å². The smallest absolute Gasteiger partial charge is 0.0357 e. The van der Waals surface area contributed by atoms with Gasteiger partial charge in [-0.05, 0) is 32.4 Å². The molecule has 0 aromatic heterocycles. The van der Waals surface area contributed by atoms with Crippen LogP contribution in [0.5, 0.6) is 0 Å². The van der Waals surface area contributed by atoms with E-state index < -0.39 is 0 Å². The van der Waals surface area contributed by atoms with Gasteiger partial charge in [-0.3, -0.25) is 0 Å². The summed E-state index contributed by atoms with van der Waals surface area (Å²) in [5, 5.41) is 6.54. The summed E-state index contributed by atoms with van der Waals surface area (Å²) in [5.74, 6) is 0. The summed E-state index contributed by atoms with van der Waals surface area (Å²) in [7, 11) is 0. The lowest BCUT2D eigenvalue weighted by Crippen LogP contribution is -2.15. The molecule has 0 bridgehead atoms. The maximum Gasteiger partial charge on any atom is 0.0357 e. The SMILES string of the molecule is C=C/C=C(\C=C(/C)NC(=C)C)NCCCC. The summed E-state index contributed by atoms with van der Waals surface area (Å²) >= 11 is 0. The van der Waals surface area contributed by atoms with E-state index in [1.54, 1.807) is 6.08 Å². The van der Waals surface area contributed by atoms with E-state index >= 15 is 0 Å². The molecular weight excluding hydrogens is 196 g/mol. The molecule has 0 unspecified atom stereocenters. The lowest BCUT2D eigenvalue weighted by atomic mass is 10.2. The molecule has 90 valence electrons. The van der Waals surface area contributed by atoms with Crippen LogP contribution in [-0.4, -0.2) is 6.54 Å². The predicted octanol–water partition coefficient (Wildman–Crippen LogP) is 3.47. The van der Waals surface area contributed by atoms with Gasteiger partial charge in [0.1, 0.15) is 0 Å². The normalized spacial score (nSPS) is 12.2. The minimum Gasteiger partial charge on any atom is -0.385 e. The van der Waals surface area contributed by atoms with Crippen LogP contribution < -0.4 is 10.6 Å². The molecule has 0 spiro atoms. The standard InChI is InChI=1S/C14H24N2/c1-6-8-10-15-14(9-7-2)11-13(5)16-12(3)4/h7,9,11,15-16H,2-3,6,8,10H2,1,4-5H3/b13-11+,14-9+. The number of rotatable bonds is 8. The van der Waals surface area contributed by atoms with E-state index in [0.29, 0.717) is 0 Å². The average molecular weight is 220 g/mol. The molecule has 2 heteroatoms. The van der Waals surface area contributed by atoms with Gasteiger partial charge in [0.15, 0.2) is 0 Å². The second kappa shape index (κ2) is 8.84. The maximum atomic E-state index is 3.81. The molecule has 0 aliphatic heterocycles. The monoisotopic (exact) mass is 220 g/mol. The van der Waals surface area contributed by atoms with Crippen LogP contribution in [0.1, 0.15) is 33.6 Å². The van der Waals surface area contributed by atoms with E-state index in [2.05, 4.69) is 36.8 Å². The van der Waals surface area contributed by atoms with Crippen LogP contribution in [0.25, 0.3) is 0 Å². The summed E-state index contributed by atoms with van der Waals surface area (Å²) in [4.78, 5) is 0. The molecular formula is C14H24N2. The van der Waals surface area contributed by atoms with Gasteiger partial charge in [-0.1, -0.05) is 32.6 Å². The first-order valence-electron chi connectivity index (χ1n) is 5.77. The first kappa shape index (κ1) is 14.6. The Labute approximate surface area is 99.8 Å². The van der Waals surface area contributed by atoms with Crippen molar-refractivity contribution in [3.63, 3.8) is 0 Å². The summed E-state index contributed by atoms with van der Waals surface area (Å²) in [6.45, 7) is 14.7. The van der Waals surface area contributed by atoms with Crippen molar-refractivity contribution in [3.8, 4) is 0 Å². The Morgan fingerprint density at radius 1 is 1.31 bits per heavy atom. The molecule has 0 fully saturated rings. The summed E-state index contributed by atoms with van der Waals surface area (Å²) < 4.78 is 0. The summed E-state index contributed by atoms with van der Waals surface area (Å²) in [6.07, 6.45) is 8.19. The van der Waals surface area contributed by atoms with Gasteiger partial charge in [-0.25, -0.2) is 0 Å². The highest BCUT2D eigenvalue weighted by atomic mass is 14.9. The molecule has 0 atom stereocenters. The van der Waals surface area contributed by atoms with Crippen LogP contribution >= 0.6 is 0 Å². The van der Waals surface area contributed by atoms with Crippen LogP contribution in [0.2, 0.25) is 0 Å². The zero-order chi connectivity index (χ0) is 12.4. The topological polar surface area (TPSA) is 24.1 Å². The largest absolute Gasteiger partial charge is 0.385 e. The summed E-state index contributed by atoms with van der Waals surface area (Å²) in [6, 6.07) is 0. The first-order chi connectivity index (χ1) is 7.60. The Bertz CT molecular complexity index is 285. The Morgan fingerprint density at radius 2 is 2.00 bits per heavy atom. The quantitative estimate of drug-likeness (QED) is 0.483. The molecule has 0 amide bonds. The van der Waals surface area contributed by atoms with Crippen LogP contribution in [0.4, 0.5) is 0 Å². The average Bonchev–Trinajstić information content (AvgIpc) is 2.16. The molecule has 0 aromatic carbocycles. The number of unbranched alkanes of at least 4 members (excludes halogenated alkanes) is 1. The number of hydrogen-bond donors (Lipinski definition) is 2. The Balaban J connectivity index is 4.37. The van der Waals surface area contributed by atoms with Crippen LogP contribution in [0.15, 0.2) is 48.5 Å².